The van der Waals surface area contributed by atoms with E-state index in [1.165, 1.54) is 31.8 Å². The van der Waals surface area contributed by atoms with E-state index >= 15 is 0 Å². The van der Waals surface area contributed by atoms with Crippen molar-refractivity contribution in [1.82, 2.24) is 20.3 Å². The number of pyridine rings is 1. The van der Waals surface area contributed by atoms with Gasteiger partial charge in [-0.2, -0.15) is 4.39 Å². The molecule has 0 spiro atoms. The fourth-order valence-corrected chi connectivity index (χ4v) is 1.72. The molecule has 1 atom stereocenters. The maximum atomic E-state index is 13.0. The molecule has 110 valence electrons. The Bertz CT molecular complexity index is 630. The molecule has 1 amide bonds. The van der Waals surface area contributed by atoms with Gasteiger partial charge in [0, 0.05) is 18.3 Å². The summed E-state index contributed by atoms with van der Waals surface area (Å²) in [5, 5.41) is 2.46. The number of nitrogens with zero attached hydrogens (tertiary/aromatic N) is 2. The van der Waals surface area contributed by atoms with Crippen molar-refractivity contribution in [2.45, 2.75) is 12.5 Å². The number of amides is 1. The van der Waals surface area contributed by atoms with E-state index in [-0.39, 0.29) is 12.1 Å². The number of esters is 1. The number of rotatable bonds is 5. The third kappa shape index (κ3) is 3.85. The van der Waals surface area contributed by atoms with Gasteiger partial charge in [-0.05, 0) is 12.1 Å². The number of carbonyl (C=O) groups is 2. The van der Waals surface area contributed by atoms with Crippen LogP contribution >= 0.6 is 0 Å². The molecule has 2 aromatic rings. The SMILES string of the molecule is COC(=O)[C@H](Cc1cnc[nH]1)NC(=O)c1cccc(F)n1. The predicted octanol–water partition coefficient (Wildman–Crippen LogP) is 0.458. The van der Waals surface area contributed by atoms with Crippen LogP contribution in [0.2, 0.25) is 0 Å². The van der Waals surface area contributed by atoms with Crippen LogP contribution in [0.3, 0.4) is 0 Å². The summed E-state index contributed by atoms with van der Waals surface area (Å²) in [5.74, 6) is -2.05. The van der Waals surface area contributed by atoms with Crippen LogP contribution in [0, 0.1) is 5.95 Å². The number of methoxy groups -OCH3 is 1. The van der Waals surface area contributed by atoms with Crippen molar-refractivity contribution in [3.05, 3.63) is 48.1 Å². The van der Waals surface area contributed by atoms with Gasteiger partial charge in [0.1, 0.15) is 11.7 Å². The molecule has 0 aliphatic rings. The summed E-state index contributed by atoms with van der Waals surface area (Å²) in [6.45, 7) is 0. The maximum absolute atomic E-state index is 13.0. The Balaban J connectivity index is 2.11. The maximum Gasteiger partial charge on any atom is 0.328 e. The van der Waals surface area contributed by atoms with Crippen molar-refractivity contribution in [2.24, 2.45) is 0 Å². The predicted molar refractivity (Wildman–Crippen MR) is 69.8 cm³/mol. The number of aromatic amines is 1. The van der Waals surface area contributed by atoms with E-state index in [1.807, 2.05) is 0 Å². The first-order chi connectivity index (χ1) is 10.1. The second kappa shape index (κ2) is 6.60. The number of aromatic nitrogens is 3. The van der Waals surface area contributed by atoms with E-state index in [2.05, 4.69) is 25.0 Å². The lowest BCUT2D eigenvalue weighted by molar-refractivity contribution is -0.142. The molecule has 2 heterocycles. The lowest BCUT2D eigenvalue weighted by Gasteiger charge is -2.15. The topological polar surface area (TPSA) is 97.0 Å². The summed E-state index contributed by atoms with van der Waals surface area (Å²) in [7, 11) is 1.22. The zero-order valence-corrected chi connectivity index (χ0v) is 11.2. The Morgan fingerprint density at radius 2 is 2.29 bits per heavy atom. The highest BCUT2D eigenvalue weighted by Gasteiger charge is 2.23. The molecule has 0 aliphatic carbocycles. The van der Waals surface area contributed by atoms with Crippen molar-refractivity contribution < 1.29 is 18.7 Å². The van der Waals surface area contributed by atoms with Crippen LogP contribution in [-0.4, -0.2) is 40.0 Å². The standard InChI is InChI=1S/C13H13FN4O3/c1-21-13(20)10(5-8-6-15-7-16-8)18-12(19)9-3-2-4-11(14)17-9/h2-4,6-7,10H,5H2,1H3,(H,15,16)(H,18,19)/t10-/m0/s1. The van der Waals surface area contributed by atoms with E-state index in [1.54, 1.807) is 0 Å². The number of halogens is 1. The van der Waals surface area contributed by atoms with Crippen LogP contribution in [-0.2, 0) is 16.0 Å². The zero-order valence-electron chi connectivity index (χ0n) is 11.2. The lowest BCUT2D eigenvalue weighted by Crippen LogP contribution is -2.43. The van der Waals surface area contributed by atoms with E-state index < -0.39 is 23.9 Å². The molecule has 0 fully saturated rings. The molecule has 0 aromatic carbocycles. The molecule has 2 aromatic heterocycles. The molecule has 0 saturated carbocycles. The van der Waals surface area contributed by atoms with Crippen LogP contribution in [0.25, 0.3) is 0 Å². The number of H-pyrrole nitrogens is 1. The summed E-state index contributed by atoms with van der Waals surface area (Å²) in [5.41, 5.74) is 0.534. The molecule has 2 N–H and O–H groups in total. The normalized spacial score (nSPS) is 11.7. The van der Waals surface area contributed by atoms with Gasteiger partial charge < -0.3 is 15.0 Å². The first-order valence-corrected chi connectivity index (χ1v) is 6.08. The molecular formula is C13H13FN4O3. The molecule has 8 heteroatoms. The van der Waals surface area contributed by atoms with E-state index in [0.717, 1.165) is 6.07 Å². The smallest absolute Gasteiger partial charge is 0.328 e. The Hall–Kier alpha value is -2.77. The van der Waals surface area contributed by atoms with Gasteiger partial charge in [-0.1, -0.05) is 6.07 Å². The Morgan fingerprint density at radius 3 is 2.90 bits per heavy atom. The van der Waals surface area contributed by atoms with Crippen molar-refractivity contribution in [3.63, 3.8) is 0 Å². The summed E-state index contributed by atoms with van der Waals surface area (Å²) in [4.78, 5) is 33.8. The number of nitrogens with one attached hydrogen (secondary N) is 2. The fraction of sp³-hybridized carbons (Fsp3) is 0.231. The van der Waals surface area contributed by atoms with E-state index in [4.69, 9.17) is 0 Å². The van der Waals surface area contributed by atoms with Gasteiger partial charge in [0.2, 0.25) is 5.95 Å². The molecule has 0 radical (unpaired) electrons. The van der Waals surface area contributed by atoms with Gasteiger partial charge in [0.05, 0.1) is 13.4 Å². The van der Waals surface area contributed by atoms with E-state index in [0.29, 0.717) is 5.69 Å². The minimum atomic E-state index is -0.923. The molecule has 7 nitrogen and oxygen atoms in total. The summed E-state index contributed by atoms with van der Waals surface area (Å²) < 4.78 is 17.6. The van der Waals surface area contributed by atoms with Gasteiger partial charge >= 0.3 is 5.97 Å². The average Bonchev–Trinajstić information content (AvgIpc) is 2.98. The minimum absolute atomic E-state index is 0.117. The average molecular weight is 292 g/mol. The van der Waals surface area contributed by atoms with Crippen LogP contribution in [0.15, 0.2) is 30.7 Å². The number of carbonyl (C=O) groups excluding carboxylic acids is 2. The molecular weight excluding hydrogens is 279 g/mol. The fourth-order valence-electron chi connectivity index (χ4n) is 1.72. The molecule has 0 aliphatic heterocycles. The van der Waals surface area contributed by atoms with Crippen molar-refractivity contribution in [1.29, 1.82) is 0 Å². The highest BCUT2D eigenvalue weighted by molar-refractivity contribution is 5.95. The number of hydrogen-bond donors (Lipinski definition) is 2. The first kappa shape index (κ1) is 14.6. The minimum Gasteiger partial charge on any atom is -0.467 e. The lowest BCUT2D eigenvalue weighted by atomic mass is 10.1. The van der Waals surface area contributed by atoms with Crippen molar-refractivity contribution in [2.75, 3.05) is 7.11 Å². The number of imidazole rings is 1. The molecule has 0 bridgehead atoms. The van der Waals surface area contributed by atoms with Gasteiger partial charge in [-0.15, -0.1) is 0 Å². The number of hydrogen-bond acceptors (Lipinski definition) is 5. The Labute approximate surface area is 119 Å². The van der Waals surface area contributed by atoms with Gasteiger partial charge in [0.15, 0.2) is 0 Å². The Morgan fingerprint density at radius 1 is 1.48 bits per heavy atom. The third-order valence-electron chi connectivity index (χ3n) is 2.72. The zero-order chi connectivity index (χ0) is 15.2. The van der Waals surface area contributed by atoms with Gasteiger partial charge in [-0.3, -0.25) is 4.79 Å². The second-order valence-electron chi connectivity index (χ2n) is 4.18. The summed E-state index contributed by atoms with van der Waals surface area (Å²) in [6.07, 6.45) is 3.16. The van der Waals surface area contributed by atoms with Gasteiger partial charge in [0.25, 0.3) is 5.91 Å². The quantitative estimate of drug-likeness (QED) is 0.616. The third-order valence-corrected chi connectivity index (χ3v) is 2.72. The van der Waals surface area contributed by atoms with Crippen LogP contribution in [0.4, 0.5) is 4.39 Å². The van der Waals surface area contributed by atoms with Crippen molar-refractivity contribution >= 4 is 11.9 Å². The van der Waals surface area contributed by atoms with Crippen LogP contribution in [0.5, 0.6) is 0 Å². The van der Waals surface area contributed by atoms with Crippen molar-refractivity contribution in [3.8, 4) is 0 Å². The second-order valence-corrected chi connectivity index (χ2v) is 4.18. The van der Waals surface area contributed by atoms with E-state index in [9.17, 15) is 14.0 Å². The molecule has 0 saturated heterocycles. The summed E-state index contributed by atoms with van der Waals surface area (Å²) in [6, 6.07) is 2.91. The molecule has 2 rings (SSSR count). The highest BCUT2D eigenvalue weighted by Crippen LogP contribution is 2.03. The molecule has 21 heavy (non-hydrogen) atoms. The van der Waals surface area contributed by atoms with Gasteiger partial charge in [-0.25, -0.2) is 14.8 Å². The Kier molecular flexibility index (Phi) is 4.60. The first-order valence-electron chi connectivity index (χ1n) is 6.08. The number of ether oxygens (including phenoxy) is 1. The highest BCUT2D eigenvalue weighted by atomic mass is 19.1. The molecule has 0 unspecified atom stereocenters. The monoisotopic (exact) mass is 292 g/mol. The largest absolute Gasteiger partial charge is 0.467 e. The summed E-state index contributed by atoms with van der Waals surface area (Å²) >= 11 is 0. The van der Waals surface area contributed by atoms with Crippen LogP contribution < -0.4 is 5.32 Å². The van der Waals surface area contributed by atoms with Crippen LogP contribution in [0.1, 0.15) is 16.2 Å².